The summed E-state index contributed by atoms with van der Waals surface area (Å²) in [5.41, 5.74) is 0.612. The summed E-state index contributed by atoms with van der Waals surface area (Å²) < 4.78 is 10.2. The van der Waals surface area contributed by atoms with Gasteiger partial charge in [0, 0.05) is 6.07 Å². The maximum Gasteiger partial charge on any atom is 0.305 e. The molecule has 98 valence electrons. The number of nitrogens with one attached hydrogen (secondary N) is 1. The Kier molecular flexibility index (Phi) is 4.98. The molecule has 6 heteroatoms. The van der Waals surface area contributed by atoms with Crippen LogP contribution < -0.4 is 14.8 Å². The lowest BCUT2D eigenvalue weighted by Crippen LogP contribution is -2.22. The normalized spacial score (nSPS) is 11.4. The molecule has 6 nitrogen and oxygen atoms in total. The molecule has 0 unspecified atom stereocenters. The Morgan fingerprint density at radius 3 is 2.28 bits per heavy atom. The molecule has 0 saturated carbocycles. The third kappa shape index (κ3) is 3.65. The van der Waals surface area contributed by atoms with Gasteiger partial charge in [-0.25, -0.2) is 0 Å². The molecule has 0 bridgehead atoms. The molecule has 0 saturated heterocycles. The molecule has 0 fully saturated rings. The fourth-order valence-electron chi connectivity index (χ4n) is 1.56. The zero-order valence-electron chi connectivity index (χ0n) is 10.2. The minimum absolute atomic E-state index is 0.213. The smallest absolute Gasteiger partial charge is 0.305 e. The lowest BCUT2D eigenvalue weighted by atomic mass is 10.0. The van der Waals surface area contributed by atoms with Crippen LogP contribution in [0.1, 0.15) is 18.0 Å². The summed E-state index contributed by atoms with van der Waals surface area (Å²) in [6.45, 7) is 0. The summed E-state index contributed by atoms with van der Waals surface area (Å²) in [4.78, 5) is 21.3. The summed E-state index contributed by atoms with van der Waals surface area (Å²) in [6, 6.07) is 4.37. The minimum Gasteiger partial charge on any atom is -0.497 e. The fourth-order valence-corrected chi connectivity index (χ4v) is 1.56. The van der Waals surface area contributed by atoms with E-state index in [2.05, 4.69) is 5.32 Å². The van der Waals surface area contributed by atoms with E-state index in [1.165, 1.54) is 14.2 Å². The Morgan fingerprint density at radius 2 is 1.89 bits per heavy atom. The first kappa shape index (κ1) is 13.8. The van der Waals surface area contributed by atoms with Gasteiger partial charge in [-0.3, -0.25) is 9.59 Å². The number of carbonyl (C=O) groups excluding carboxylic acids is 1. The number of amides is 1. The first-order valence-electron chi connectivity index (χ1n) is 5.25. The van der Waals surface area contributed by atoms with Gasteiger partial charge < -0.3 is 19.9 Å². The van der Waals surface area contributed by atoms with Gasteiger partial charge in [-0.1, -0.05) is 0 Å². The SMILES string of the molecule is COc1cc(OC)cc([C@H](CC(=O)O)NC=O)c1. The Balaban J connectivity index is 3.08. The molecular weight excluding hydrogens is 238 g/mol. The number of carboxylic acids is 1. The highest BCUT2D eigenvalue weighted by atomic mass is 16.5. The van der Waals surface area contributed by atoms with Crippen molar-refractivity contribution in [3.63, 3.8) is 0 Å². The highest BCUT2D eigenvalue weighted by Crippen LogP contribution is 2.27. The van der Waals surface area contributed by atoms with Crippen molar-refractivity contribution in [1.82, 2.24) is 5.32 Å². The number of aliphatic carboxylic acids is 1. The van der Waals surface area contributed by atoms with Gasteiger partial charge in [-0.05, 0) is 17.7 Å². The molecule has 0 aliphatic carbocycles. The summed E-state index contributed by atoms with van der Waals surface area (Å²) in [6.07, 6.45) is 0.259. The molecule has 0 aliphatic heterocycles. The Labute approximate surface area is 105 Å². The summed E-state index contributed by atoms with van der Waals surface area (Å²) >= 11 is 0. The van der Waals surface area contributed by atoms with Gasteiger partial charge in [0.15, 0.2) is 0 Å². The molecule has 18 heavy (non-hydrogen) atoms. The lowest BCUT2D eigenvalue weighted by Gasteiger charge is -2.16. The van der Waals surface area contributed by atoms with E-state index in [0.29, 0.717) is 23.5 Å². The Morgan fingerprint density at radius 1 is 1.33 bits per heavy atom. The second-order valence-electron chi connectivity index (χ2n) is 3.58. The van der Waals surface area contributed by atoms with E-state index in [9.17, 15) is 9.59 Å². The van der Waals surface area contributed by atoms with Crippen molar-refractivity contribution < 1.29 is 24.2 Å². The third-order valence-electron chi connectivity index (χ3n) is 2.42. The molecule has 1 aromatic carbocycles. The van der Waals surface area contributed by atoms with Gasteiger partial charge in [-0.15, -0.1) is 0 Å². The topological polar surface area (TPSA) is 84.9 Å². The van der Waals surface area contributed by atoms with Crippen LogP contribution in [0.15, 0.2) is 18.2 Å². The quantitative estimate of drug-likeness (QED) is 0.707. The van der Waals surface area contributed by atoms with E-state index in [0.717, 1.165) is 0 Å². The molecule has 0 radical (unpaired) electrons. The molecule has 1 amide bonds. The van der Waals surface area contributed by atoms with E-state index in [1.54, 1.807) is 18.2 Å². The van der Waals surface area contributed by atoms with Crippen LogP contribution in [0.5, 0.6) is 11.5 Å². The molecule has 2 N–H and O–H groups in total. The van der Waals surface area contributed by atoms with Gasteiger partial charge in [0.2, 0.25) is 6.41 Å². The van der Waals surface area contributed by atoms with E-state index < -0.39 is 12.0 Å². The standard InChI is InChI=1S/C12H15NO5/c1-17-9-3-8(4-10(5-9)18-2)11(13-7-14)6-12(15)16/h3-5,7,11H,6H2,1-2H3,(H,13,14)(H,15,16)/t11-/m0/s1. The number of hydrogen-bond donors (Lipinski definition) is 2. The van der Waals surface area contributed by atoms with E-state index >= 15 is 0 Å². The first-order valence-corrected chi connectivity index (χ1v) is 5.25. The average molecular weight is 253 g/mol. The third-order valence-corrected chi connectivity index (χ3v) is 2.42. The summed E-state index contributed by atoms with van der Waals surface area (Å²) in [5, 5.41) is 11.3. The fraction of sp³-hybridized carbons (Fsp3) is 0.333. The number of rotatable bonds is 7. The highest BCUT2D eigenvalue weighted by molar-refractivity contribution is 5.68. The van der Waals surface area contributed by atoms with Crippen molar-refractivity contribution in [2.45, 2.75) is 12.5 Å². The van der Waals surface area contributed by atoms with Crippen molar-refractivity contribution >= 4 is 12.4 Å². The Bertz CT molecular complexity index is 410. The molecule has 1 aromatic rings. The maximum absolute atomic E-state index is 10.7. The number of ether oxygens (including phenoxy) is 2. The van der Waals surface area contributed by atoms with Gasteiger partial charge in [0.1, 0.15) is 11.5 Å². The maximum atomic E-state index is 10.7. The summed E-state index contributed by atoms with van der Waals surface area (Å²) in [7, 11) is 3.00. The van der Waals surface area contributed by atoms with E-state index in [-0.39, 0.29) is 6.42 Å². The van der Waals surface area contributed by atoms with Crippen LogP contribution >= 0.6 is 0 Å². The van der Waals surface area contributed by atoms with Crippen LogP contribution in [0.25, 0.3) is 0 Å². The van der Waals surface area contributed by atoms with Crippen LogP contribution in [0, 0.1) is 0 Å². The summed E-state index contributed by atoms with van der Waals surface area (Å²) in [5.74, 6) is 0.0658. The molecule has 1 rings (SSSR count). The van der Waals surface area contributed by atoms with Crippen molar-refractivity contribution in [2.75, 3.05) is 14.2 Å². The lowest BCUT2D eigenvalue weighted by molar-refractivity contribution is -0.137. The monoisotopic (exact) mass is 253 g/mol. The zero-order chi connectivity index (χ0) is 13.5. The average Bonchev–Trinajstić information content (AvgIpc) is 2.37. The second-order valence-corrected chi connectivity index (χ2v) is 3.58. The predicted molar refractivity (Wildman–Crippen MR) is 63.7 cm³/mol. The van der Waals surface area contributed by atoms with E-state index in [1.807, 2.05) is 0 Å². The van der Waals surface area contributed by atoms with Crippen LogP contribution in [0.3, 0.4) is 0 Å². The number of carboxylic acid groups (broad SMARTS) is 1. The number of carbonyl (C=O) groups is 2. The van der Waals surface area contributed by atoms with Crippen LogP contribution in [-0.2, 0) is 9.59 Å². The number of benzene rings is 1. The molecule has 0 aromatic heterocycles. The van der Waals surface area contributed by atoms with Gasteiger partial charge >= 0.3 is 5.97 Å². The van der Waals surface area contributed by atoms with Gasteiger partial charge in [0.05, 0.1) is 26.7 Å². The van der Waals surface area contributed by atoms with Crippen LogP contribution in [0.2, 0.25) is 0 Å². The minimum atomic E-state index is -1.00. The largest absolute Gasteiger partial charge is 0.497 e. The number of methoxy groups -OCH3 is 2. The van der Waals surface area contributed by atoms with Crippen molar-refractivity contribution in [1.29, 1.82) is 0 Å². The predicted octanol–water partition coefficient (Wildman–Crippen LogP) is 0.966. The van der Waals surface area contributed by atoms with E-state index in [4.69, 9.17) is 14.6 Å². The molecule has 0 aliphatic rings. The second kappa shape index (κ2) is 6.48. The van der Waals surface area contributed by atoms with Gasteiger partial charge in [0.25, 0.3) is 0 Å². The highest BCUT2D eigenvalue weighted by Gasteiger charge is 2.16. The molecule has 0 spiro atoms. The van der Waals surface area contributed by atoms with Crippen LogP contribution in [0.4, 0.5) is 0 Å². The zero-order valence-corrected chi connectivity index (χ0v) is 10.2. The van der Waals surface area contributed by atoms with Crippen molar-refractivity contribution in [3.05, 3.63) is 23.8 Å². The molecule has 0 heterocycles. The number of hydrogen-bond acceptors (Lipinski definition) is 4. The van der Waals surface area contributed by atoms with Crippen LogP contribution in [-0.4, -0.2) is 31.7 Å². The molecular formula is C12H15NO5. The van der Waals surface area contributed by atoms with Gasteiger partial charge in [-0.2, -0.15) is 0 Å². The Hall–Kier alpha value is -2.24. The van der Waals surface area contributed by atoms with Crippen molar-refractivity contribution in [2.24, 2.45) is 0 Å². The van der Waals surface area contributed by atoms with Crippen molar-refractivity contribution in [3.8, 4) is 11.5 Å². The first-order chi connectivity index (χ1) is 8.60. The molecule has 1 atom stereocenters.